The fourth-order valence-corrected chi connectivity index (χ4v) is 7.05. The van der Waals surface area contributed by atoms with E-state index in [1.807, 2.05) is 37.5 Å². The zero-order valence-corrected chi connectivity index (χ0v) is 32.1. The molecule has 0 unspecified atom stereocenters. The average molecular weight is 688 g/mol. The summed E-state index contributed by atoms with van der Waals surface area (Å²) in [6, 6.07) is 8.05. The van der Waals surface area contributed by atoms with Crippen LogP contribution in [0.2, 0.25) is 56.5 Å². The van der Waals surface area contributed by atoms with Crippen molar-refractivity contribution in [1.29, 1.82) is 0 Å². The Bertz CT molecular complexity index is 1420. The number of carbonyl (C=O) groups is 1. The summed E-state index contributed by atoms with van der Waals surface area (Å²) < 4.78 is 20.2. The van der Waals surface area contributed by atoms with Crippen LogP contribution >= 0.6 is 11.6 Å². The number of rotatable bonds is 14. The van der Waals surface area contributed by atoms with E-state index in [9.17, 15) is 4.79 Å². The maximum atomic E-state index is 12.8. The van der Waals surface area contributed by atoms with E-state index in [-0.39, 0.29) is 17.8 Å². The maximum absolute atomic E-state index is 12.8. The lowest BCUT2D eigenvalue weighted by atomic mass is 9.80. The minimum Gasteiger partial charge on any atom is -0.460 e. The highest BCUT2D eigenvalue weighted by Gasteiger charge is 2.32. The molecule has 1 fully saturated rings. The Morgan fingerprint density at radius 2 is 1.57 bits per heavy atom. The summed E-state index contributed by atoms with van der Waals surface area (Å²) in [5.74, 6) is 0.903. The fraction of sp³-hybridized carbons (Fsp3) is 0.647. The number of esters is 1. The van der Waals surface area contributed by atoms with Gasteiger partial charge in [-0.25, -0.2) is 9.97 Å². The summed E-state index contributed by atoms with van der Waals surface area (Å²) in [6.45, 7) is 22.1. The first-order valence-corrected chi connectivity index (χ1v) is 24.4. The van der Waals surface area contributed by atoms with Gasteiger partial charge in [-0.05, 0) is 70.7 Å². The SMILES string of the molecule is CC(C)(C)OC(=O)[C@H]1CC[C@H](c2cc(N(COCC[Si](C)(C)C)COCC[Si](C)(C)C)n3ncc(-c4ccc(Cl)nc4)c3n2)CC1. The highest BCUT2D eigenvalue weighted by molar-refractivity contribution is 6.76. The third-order valence-corrected chi connectivity index (χ3v) is 11.8. The van der Waals surface area contributed by atoms with Crippen LogP contribution in [0.15, 0.2) is 30.6 Å². The molecule has 0 aliphatic heterocycles. The highest BCUT2D eigenvalue weighted by atomic mass is 35.5. The third-order valence-electron chi connectivity index (χ3n) is 8.21. The second kappa shape index (κ2) is 15.3. The highest BCUT2D eigenvalue weighted by Crippen LogP contribution is 2.38. The molecule has 9 nitrogen and oxygen atoms in total. The first-order chi connectivity index (χ1) is 21.5. The minimum absolute atomic E-state index is 0.0830. The van der Waals surface area contributed by atoms with Crippen molar-refractivity contribution in [2.45, 2.75) is 109 Å². The van der Waals surface area contributed by atoms with Gasteiger partial charge in [0.05, 0.1) is 12.1 Å². The molecule has 0 bridgehead atoms. The van der Waals surface area contributed by atoms with Gasteiger partial charge < -0.3 is 19.1 Å². The average Bonchev–Trinajstić information content (AvgIpc) is 3.38. The Morgan fingerprint density at radius 1 is 0.957 bits per heavy atom. The van der Waals surface area contributed by atoms with Gasteiger partial charge in [-0.1, -0.05) is 50.9 Å². The summed E-state index contributed by atoms with van der Waals surface area (Å²) in [6.07, 6.45) is 6.87. The smallest absolute Gasteiger partial charge is 0.309 e. The summed E-state index contributed by atoms with van der Waals surface area (Å²) in [4.78, 5) is 24.5. The lowest BCUT2D eigenvalue weighted by Crippen LogP contribution is -2.33. The van der Waals surface area contributed by atoms with Gasteiger partial charge in [-0.3, -0.25) is 4.79 Å². The van der Waals surface area contributed by atoms with Crippen molar-refractivity contribution < 1.29 is 19.0 Å². The Kier molecular flexibility index (Phi) is 12.1. The van der Waals surface area contributed by atoms with Gasteiger partial charge in [0.15, 0.2) is 5.65 Å². The lowest BCUT2D eigenvalue weighted by molar-refractivity contribution is -0.161. The maximum Gasteiger partial charge on any atom is 0.309 e. The van der Waals surface area contributed by atoms with Crippen LogP contribution in [0.3, 0.4) is 0 Å². The molecule has 0 atom stereocenters. The molecule has 12 heteroatoms. The molecule has 3 aromatic rings. The molecule has 3 heterocycles. The number of anilines is 1. The summed E-state index contributed by atoms with van der Waals surface area (Å²) >= 11 is 6.12. The molecule has 3 aromatic heterocycles. The first-order valence-electron chi connectivity index (χ1n) is 16.6. The molecule has 0 N–H and O–H groups in total. The number of halogens is 1. The van der Waals surface area contributed by atoms with E-state index in [0.29, 0.717) is 31.8 Å². The number of aromatic nitrogens is 4. The van der Waals surface area contributed by atoms with Crippen LogP contribution in [0.5, 0.6) is 0 Å². The molecule has 4 rings (SSSR count). The van der Waals surface area contributed by atoms with E-state index in [0.717, 1.165) is 66.1 Å². The number of nitrogens with zero attached hydrogens (tertiary/aromatic N) is 5. The molecule has 1 aliphatic rings. The molecular formula is C34H54ClN5O4Si2. The van der Waals surface area contributed by atoms with Gasteiger partial charge in [0, 0.05) is 64.4 Å². The molecule has 0 spiro atoms. The zero-order chi connectivity index (χ0) is 33.7. The number of pyridine rings is 1. The molecule has 0 aromatic carbocycles. The van der Waals surface area contributed by atoms with Gasteiger partial charge in [0.1, 0.15) is 30.0 Å². The number of hydrogen-bond acceptors (Lipinski definition) is 8. The molecule has 0 saturated heterocycles. The minimum atomic E-state index is -1.25. The van der Waals surface area contributed by atoms with Crippen LogP contribution in [0.1, 0.15) is 58.1 Å². The standard InChI is InChI=1S/C34H54ClN5O4Si2/c1-34(2,3)44-33(41)26-12-10-25(11-13-26)29-20-31(40-32(38-29)28(22-37-40)27-14-15-30(35)36-21-27)39(23-42-16-18-45(4,5)6)24-43-17-19-46(7,8)9/h14-15,20-22,25-26H,10-13,16-19,23-24H2,1-9H3/t25-,26-. The van der Waals surface area contributed by atoms with Gasteiger partial charge in [0.2, 0.25) is 0 Å². The van der Waals surface area contributed by atoms with Gasteiger partial charge in [-0.15, -0.1) is 0 Å². The Hall–Kier alpha value is -2.32. The third kappa shape index (κ3) is 10.9. The topological polar surface area (TPSA) is 91.1 Å². The van der Waals surface area contributed by atoms with Crippen LogP contribution in [-0.2, 0) is 19.0 Å². The second-order valence-corrected chi connectivity index (χ2v) is 27.7. The van der Waals surface area contributed by atoms with E-state index in [2.05, 4.69) is 55.2 Å². The Labute approximate surface area is 282 Å². The predicted molar refractivity (Wildman–Crippen MR) is 192 cm³/mol. The summed E-state index contributed by atoms with van der Waals surface area (Å²) in [5.41, 5.74) is 3.03. The van der Waals surface area contributed by atoms with Crippen molar-refractivity contribution in [1.82, 2.24) is 19.6 Å². The number of fused-ring (bicyclic) bond motifs is 1. The number of carbonyl (C=O) groups excluding carboxylic acids is 1. The molecule has 46 heavy (non-hydrogen) atoms. The van der Waals surface area contributed by atoms with Crippen molar-refractivity contribution in [3.63, 3.8) is 0 Å². The molecule has 1 saturated carbocycles. The van der Waals surface area contributed by atoms with E-state index >= 15 is 0 Å². The van der Waals surface area contributed by atoms with Crippen LogP contribution in [0.4, 0.5) is 5.82 Å². The molecule has 0 amide bonds. The van der Waals surface area contributed by atoms with Crippen LogP contribution in [0, 0.1) is 5.92 Å². The largest absolute Gasteiger partial charge is 0.460 e. The van der Waals surface area contributed by atoms with E-state index < -0.39 is 21.7 Å². The van der Waals surface area contributed by atoms with Crippen LogP contribution in [0.25, 0.3) is 16.8 Å². The summed E-state index contributed by atoms with van der Waals surface area (Å²) in [5, 5.41) is 5.26. The monoisotopic (exact) mass is 687 g/mol. The van der Waals surface area contributed by atoms with Crippen molar-refractivity contribution in [3.05, 3.63) is 41.4 Å². The fourth-order valence-electron chi connectivity index (χ4n) is 5.42. The van der Waals surface area contributed by atoms with Crippen molar-refractivity contribution in [3.8, 4) is 11.1 Å². The molecule has 254 valence electrons. The second-order valence-electron chi connectivity index (χ2n) is 16.0. The van der Waals surface area contributed by atoms with Gasteiger partial charge in [-0.2, -0.15) is 9.61 Å². The molecule has 1 aliphatic carbocycles. The Morgan fingerprint density at radius 3 is 2.09 bits per heavy atom. The number of ether oxygens (including phenoxy) is 3. The van der Waals surface area contributed by atoms with Crippen molar-refractivity contribution >= 4 is 45.2 Å². The molecule has 0 radical (unpaired) electrons. The number of hydrogen-bond donors (Lipinski definition) is 0. The van der Waals surface area contributed by atoms with Crippen molar-refractivity contribution in [2.75, 3.05) is 31.6 Å². The molecular weight excluding hydrogens is 634 g/mol. The normalized spacial score (nSPS) is 17.8. The zero-order valence-electron chi connectivity index (χ0n) is 29.4. The quantitative estimate of drug-likeness (QED) is 0.0548. The van der Waals surface area contributed by atoms with Crippen LogP contribution < -0.4 is 4.90 Å². The Balaban J connectivity index is 1.67. The van der Waals surface area contributed by atoms with E-state index in [1.54, 1.807) is 12.3 Å². The van der Waals surface area contributed by atoms with Crippen molar-refractivity contribution in [2.24, 2.45) is 5.92 Å². The first kappa shape index (κ1) is 36.5. The lowest BCUT2D eigenvalue weighted by Gasteiger charge is -2.31. The van der Waals surface area contributed by atoms with Gasteiger partial charge in [0.25, 0.3) is 0 Å². The predicted octanol–water partition coefficient (Wildman–Crippen LogP) is 8.49. The van der Waals surface area contributed by atoms with E-state index in [4.69, 9.17) is 35.9 Å². The van der Waals surface area contributed by atoms with Gasteiger partial charge >= 0.3 is 5.97 Å². The summed E-state index contributed by atoms with van der Waals surface area (Å²) in [7, 11) is -2.49. The van der Waals surface area contributed by atoms with E-state index in [1.165, 1.54) is 0 Å². The van der Waals surface area contributed by atoms with Crippen LogP contribution in [-0.4, -0.2) is 74.0 Å².